The summed E-state index contributed by atoms with van der Waals surface area (Å²) in [6.07, 6.45) is 0.716. The topological polar surface area (TPSA) is 63.5 Å². The Balaban J connectivity index is 2.30. The molecule has 0 bridgehead atoms. The maximum atomic E-state index is 12.5. The minimum absolute atomic E-state index is 0.0616. The lowest BCUT2D eigenvalue weighted by molar-refractivity contribution is -0.385. The van der Waals surface area contributed by atoms with Gasteiger partial charge < -0.3 is 4.90 Å². The number of hydrogen-bond donors (Lipinski definition) is 0. The van der Waals surface area contributed by atoms with Crippen LogP contribution in [0.5, 0.6) is 0 Å². The normalized spacial score (nSPS) is 22.6. The minimum atomic E-state index is -0.486. The quantitative estimate of drug-likeness (QED) is 0.479. The number of hydrogen-bond acceptors (Lipinski definition) is 3. The van der Waals surface area contributed by atoms with E-state index < -0.39 is 4.92 Å². The second-order valence-corrected chi connectivity index (χ2v) is 5.82. The average molecular weight is 297 g/mol. The Morgan fingerprint density at radius 3 is 2.80 bits per heavy atom. The number of para-hydroxylation sites is 1. The monoisotopic (exact) mass is 296 g/mol. The van der Waals surface area contributed by atoms with E-state index in [2.05, 4.69) is 0 Å². The molecule has 1 aromatic rings. The number of benzene rings is 1. The molecule has 1 fully saturated rings. The van der Waals surface area contributed by atoms with Crippen LogP contribution in [0, 0.1) is 23.0 Å². The van der Waals surface area contributed by atoms with Gasteiger partial charge in [-0.2, -0.15) is 0 Å². The Bertz CT molecular complexity index is 547. The molecule has 0 N–H and O–H groups in total. The van der Waals surface area contributed by atoms with Crippen molar-refractivity contribution in [2.45, 2.75) is 25.6 Å². The van der Waals surface area contributed by atoms with Gasteiger partial charge in [-0.15, -0.1) is 11.6 Å². The molecule has 6 heteroatoms. The Morgan fingerprint density at radius 1 is 1.50 bits per heavy atom. The molecule has 2 atom stereocenters. The molecule has 0 saturated carbocycles. The molecule has 0 spiro atoms. The lowest BCUT2D eigenvalue weighted by atomic mass is 9.98. The summed E-state index contributed by atoms with van der Waals surface area (Å²) >= 11 is 6.14. The van der Waals surface area contributed by atoms with Crippen LogP contribution in [0.15, 0.2) is 18.2 Å². The first-order chi connectivity index (χ1) is 9.41. The van der Waals surface area contributed by atoms with Crippen LogP contribution in [0.1, 0.15) is 29.3 Å². The maximum Gasteiger partial charge on any atom is 0.285 e. The zero-order valence-corrected chi connectivity index (χ0v) is 12.3. The molecular weight excluding hydrogens is 280 g/mol. The van der Waals surface area contributed by atoms with Crippen LogP contribution in [0.2, 0.25) is 0 Å². The highest BCUT2D eigenvalue weighted by molar-refractivity contribution is 6.20. The van der Waals surface area contributed by atoms with Gasteiger partial charge in [0.05, 0.1) is 4.92 Å². The summed E-state index contributed by atoms with van der Waals surface area (Å²) in [4.78, 5) is 24.8. The van der Waals surface area contributed by atoms with Gasteiger partial charge in [-0.3, -0.25) is 14.9 Å². The molecular formula is C14H17ClN2O3. The maximum absolute atomic E-state index is 12.5. The number of alkyl halides is 1. The Morgan fingerprint density at radius 2 is 2.20 bits per heavy atom. The van der Waals surface area contributed by atoms with E-state index in [0.717, 1.165) is 0 Å². The van der Waals surface area contributed by atoms with Crippen molar-refractivity contribution in [3.8, 4) is 0 Å². The van der Waals surface area contributed by atoms with Crippen LogP contribution in [0.4, 0.5) is 5.69 Å². The predicted molar refractivity (Wildman–Crippen MR) is 77.2 cm³/mol. The summed E-state index contributed by atoms with van der Waals surface area (Å²) in [5.41, 5.74) is 0.564. The smallest absolute Gasteiger partial charge is 0.285 e. The third-order valence-corrected chi connectivity index (χ3v) is 4.39. The van der Waals surface area contributed by atoms with Crippen LogP contribution in [-0.4, -0.2) is 34.2 Å². The highest BCUT2D eigenvalue weighted by Crippen LogP contribution is 2.27. The lowest BCUT2D eigenvalue weighted by Gasteiger charge is -2.34. The highest BCUT2D eigenvalue weighted by Gasteiger charge is 2.31. The largest absolute Gasteiger partial charge is 0.338 e. The van der Waals surface area contributed by atoms with E-state index in [4.69, 9.17) is 11.6 Å². The molecule has 0 radical (unpaired) electrons. The molecule has 1 aliphatic heterocycles. The van der Waals surface area contributed by atoms with E-state index in [9.17, 15) is 14.9 Å². The van der Waals surface area contributed by atoms with Gasteiger partial charge in [0.2, 0.25) is 0 Å². The number of carbonyl (C=O) groups excluding carboxylic acids is 1. The summed E-state index contributed by atoms with van der Waals surface area (Å²) < 4.78 is 0. The highest BCUT2D eigenvalue weighted by atomic mass is 35.5. The molecule has 2 rings (SSSR count). The molecule has 1 amide bonds. The van der Waals surface area contributed by atoms with Crippen molar-refractivity contribution >= 4 is 23.2 Å². The number of nitrogens with zero attached hydrogens (tertiary/aromatic N) is 2. The SMILES string of the molecule is Cc1cccc(C(=O)N2CCC(Cl)C(C)C2)c1[N+](=O)[O-]. The van der Waals surface area contributed by atoms with Gasteiger partial charge in [0.1, 0.15) is 5.56 Å². The van der Waals surface area contributed by atoms with E-state index >= 15 is 0 Å². The molecule has 5 nitrogen and oxygen atoms in total. The molecule has 1 aliphatic rings. The lowest BCUT2D eigenvalue weighted by Crippen LogP contribution is -2.43. The zero-order chi connectivity index (χ0) is 14.9. The minimum Gasteiger partial charge on any atom is -0.338 e. The summed E-state index contributed by atoms with van der Waals surface area (Å²) in [7, 11) is 0. The Labute approximate surface area is 122 Å². The van der Waals surface area contributed by atoms with Crippen LogP contribution < -0.4 is 0 Å². The number of nitro benzene ring substituents is 1. The summed E-state index contributed by atoms with van der Waals surface area (Å²) in [6.45, 7) is 4.71. The van der Waals surface area contributed by atoms with E-state index in [0.29, 0.717) is 25.1 Å². The predicted octanol–water partition coefficient (Wildman–Crippen LogP) is 2.99. The Hall–Kier alpha value is -1.62. The Kier molecular flexibility index (Phi) is 4.28. The first-order valence-electron chi connectivity index (χ1n) is 6.59. The average Bonchev–Trinajstić information content (AvgIpc) is 2.40. The van der Waals surface area contributed by atoms with Crippen LogP contribution in [0.3, 0.4) is 0 Å². The summed E-state index contributed by atoms with van der Waals surface area (Å²) in [5, 5.41) is 11.2. The first kappa shape index (κ1) is 14.8. The summed E-state index contributed by atoms with van der Waals surface area (Å²) in [5.74, 6) is -0.0888. The van der Waals surface area contributed by atoms with Crippen molar-refractivity contribution in [3.63, 3.8) is 0 Å². The number of nitro groups is 1. The van der Waals surface area contributed by atoms with Crippen molar-refractivity contribution in [1.82, 2.24) is 4.90 Å². The number of halogens is 1. The van der Waals surface area contributed by atoms with E-state index in [-0.39, 0.29) is 28.5 Å². The second-order valence-electron chi connectivity index (χ2n) is 5.26. The molecule has 20 heavy (non-hydrogen) atoms. The fourth-order valence-corrected chi connectivity index (χ4v) is 2.72. The van der Waals surface area contributed by atoms with Gasteiger partial charge >= 0.3 is 0 Å². The van der Waals surface area contributed by atoms with Crippen molar-refractivity contribution in [3.05, 3.63) is 39.4 Å². The third-order valence-electron chi connectivity index (χ3n) is 3.74. The zero-order valence-electron chi connectivity index (χ0n) is 11.5. The van der Waals surface area contributed by atoms with Crippen molar-refractivity contribution in [2.24, 2.45) is 5.92 Å². The summed E-state index contributed by atoms with van der Waals surface area (Å²) in [6, 6.07) is 4.83. The number of carbonyl (C=O) groups is 1. The van der Waals surface area contributed by atoms with Gasteiger partial charge in [-0.05, 0) is 25.3 Å². The number of aryl methyl sites for hydroxylation is 1. The van der Waals surface area contributed by atoms with Gasteiger partial charge in [0.25, 0.3) is 11.6 Å². The van der Waals surface area contributed by atoms with E-state index in [1.54, 1.807) is 24.0 Å². The third kappa shape index (κ3) is 2.77. The van der Waals surface area contributed by atoms with Gasteiger partial charge in [-0.25, -0.2) is 0 Å². The standard InChI is InChI=1S/C14H17ClN2O3/c1-9-4-3-5-11(13(9)17(19)20)14(18)16-7-6-12(15)10(2)8-16/h3-5,10,12H,6-8H2,1-2H3. The second kappa shape index (κ2) is 5.79. The van der Waals surface area contributed by atoms with Crippen LogP contribution in [-0.2, 0) is 0 Å². The van der Waals surface area contributed by atoms with Crippen LogP contribution in [0.25, 0.3) is 0 Å². The van der Waals surface area contributed by atoms with Gasteiger partial charge in [0, 0.05) is 24.0 Å². The molecule has 1 saturated heterocycles. The van der Waals surface area contributed by atoms with Crippen LogP contribution >= 0.6 is 11.6 Å². The molecule has 0 aliphatic carbocycles. The fraction of sp³-hybridized carbons (Fsp3) is 0.500. The van der Waals surface area contributed by atoms with E-state index in [1.807, 2.05) is 6.92 Å². The molecule has 108 valence electrons. The van der Waals surface area contributed by atoms with Crippen molar-refractivity contribution in [1.29, 1.82) is 0 Å². The number of amides is 1. The molecule has 2 unspecified atom stereocenters. The number of piperidine rings is 1. The number of likely N-dealkylation sites (tertiary alicyclic amines) is 1. The molecule has 0 aromatic heterocycles. The first-order valence-corrected chi connectivity index (χ1v) is 7.02. The van der Waals surface area contributed by atoms with Gasteiger partial charge in [0.15, 0.2) is 0 Å². The molecule has 1 aromatic carbocycles. The van der Waals surface area contributed by atoms with Crippen molar-refractivity contribution in [2.75, 3.05) is 13.1 Å². The fourth-order valence-electron chi connectivity index (χ4n) is 2.55. The number of rotatable bonds is 2. The van der Waals surface area contributed by atoms with Gasteiger partial charge in [-0.1, -0.05) is 19.1 Å². The molecule has 1 heterocycles. The van der Waals surface area contributed by atoms with E-state index in [1.165, 1.54) is 6.07 Å². The van der Waals surface area contributed by atoms with Crippen molar-refractivity contribution < 1.29 is 9.72 Å².